The fourth-order valence-electron chi connectivity index (χ4n) is 3.10. The standard InChI is InChI=1S/C20H23N3OS/c1-13(19-14(2)25-15(3)21-19)22(4)20(24)18-12-11-17(23(18)5)16-9-7-6-8-10-16/h6-13H,1-5H3/t13-/m0/s1. The Morgan fingerprint density at radius 1 is 1.16 bits per heavy atom. The van der Waals surface area contributed by atoms with E-state index in [0.29, 0.717) is 5.69 Å². The van der Waals surface area contributed by atoms with Crippen LogP contribution < -0.4 is 0 Å². The van der Waals surface area contributed by atoms with E-state index >= 15 is 0 Å². The van der Waals surface area contributed by atoms with E-state index in [9.17, 15) is 4.79 Å². The number of nitrogens with zero attached hydrogens (tertiary/aromatic N) is 3. The summed E-state index contributed by atoms with van der Waals surface area (Å²) in [6.45, 7) is 6.09. The van der Waals surface area contributed by atoms with Gasteiger partial charge in [0, 0.05) is 24.7 Å². The average Bonchev–Trinajstić information content (AvgIpc) is 3.15. The fraction of sp³-hybridized carbons (Fsp3) is 0.300. The van der Waals surface area contributed by atoms with E-state index in [-0.39, 0.29) is 11.9 Å². The first-order valence-electron chi connectivity index (χ1n) is 8.32. The highest BCUT2D eigenvalue weighted by molar-refractivity contribution is 7.11. The summed E-state index contributed by atoms with van der Waals surface area (Å²) in [5.74, 6) is 0.00207. The van der Waals surface area contributed by atoms with Gasteiger partial charge < -0.3 is 9.47 Å². The highest BCUT2D eigenvalue weighted by Gasteiger charge is 2.24. The summed E-state index contributed by atoms with van der Waals surface area (Å²) in [6, 6.07) is 13.9. The molecule has 2 heterocycles. The van der Waals surface area contributed by atoms with Crippen molar-refractivity contribution >= 4 is 17.2 Å². The van der Waals surface area contributed by atoms with Crippen LogP contribution in [0.25, 0.3) is 11.3 Å². The predicted octanol–water partition coefficient (Wildman–Crippen LogP) is 4.60. The zero-order valence-electron chi connectivity index (χ0n) is 15.3. The molecule has 0 saturated carbocycles. The molecule has 3 aromatic rings. The van der Waals surface area contributed by atoms with Gasteiger partial charge in [0.25, 0.3) is 5.91 Å². The number of rotatable bonds is 4. The minimum atomic E-state index is -0.0625. The molecule has 1 amide bonds. The topological polar surface area (TPSA) is 38.1 Å². The normalized spacial score (nSPS) is 12.2. The van der Waals surface area contributed by atoms with Gasteiger partial charge in [0.05, 0.1) is 16.7 Å². The average molecular weight is 353 g/mol. The van der Waals surface area contributed by atoms with Crippen LogP contribution in [0.5, 0.6) is 0 Å². The molecule has 130 valence electrons. The Kier molecular flexibility index (Phi) is 4.77. The lowest BCUT2D eigenvalue weighted by molar-refractivity contribution is 0.0730. The third-order valence-corrected chi connectivity index (χ3v) is 5.55. The van der Waals surface area contributed by atoms with Crippen LogP contribution in [0.4, 0.5) is 0 Å². The van der Waals surface area contributed by atoms with Crippen molar-refractivity contribution in [2.24, 2.45) is 7.05 Å². The molecule has 3 rings (SSSR count). The van der Waals surface area contributed by atoms with E-state index in [2.05, 4.69) is 24.0 Å². The number of benzene rings is 1. The smallest absolute Gasteiger partial charge is 0.270 e. The number of carbonyl (C=O) groups is 1. The third-order valence-electron chi connectivity index (χ3n) is 4.65. The monoisotopic (exact) mass is 353 g/mol. The maximum absolute atomic E-state index is 13.0. The Morgan fingerprint density at radius 3 is 2.44 bits per heavy atom. The molecule has 0 spiro atoms. The highest BCUT2D eigenvalue weighted by Crippen LogP contribution is 2.28. The zero-order valence-corrected chi connectivity index (χ0v) is 16.1. The number of aryl methyl sites for hydroxylation is 2. The molecule has 0 saturated heterocycles. The number of carbonyl (C=O) groups excluding carboxylic acids is 1. The molecule has 1 atom stereocenters. The number of amides is 1. The molecular weight excluding hydrogens is 330 g/mol. The summed E-state index contributed by atoms with van der Waals surface area (Å²) >= 11 is 1.67. The molecule has 0 bridgehead atoms. The predicted molar refractivity (Wildman–Crippen MR) is 103 cm³/mol. The minimum Gasteiger partial charge on any atom is -0.340 e. The maximum Gasteiger partial charge on any atom is 0.270 e. The van der Waals surface area contributed by atoms with Crippen molar-refractivity contribution in [3.63, 3.8) is 0 Å². The number of hydrogen-bond donors (Lipinski definition) is 0. The SMILES string of the molecule is Cc1nc([C@H](C)N(C)C(=O)c2ccc(-c3ccccc3)n2C)c(C)s1. The first-order valence-corrected chi connectivity index (χ1v) is 9.14. The molecule has 0 aliphatic heterocycles. The quantitative estimate of drug-likeness (QED) is 0.687. The van der Waals surface area contributed by atoms with Crippen molar-refractivity contribution in [1.29, 1.82) is 0 Å². The third kappa shape index (κ3) is 3.24. The summed E-state index contributed by atoms with van der Waals surface area (Å²) < 4.78 is 1.96. The lowest BCUT2D eigenvalue weighted by Gasteiger charge is -2.24. The second kappa shape index (κ2) is 6.84. The molecule has 4 nitrogen and oxygen atoms in total. The molecule has 0 aliphatic carbocycles. The van der Waals surface area contributed by atoms with Gasteiger partial charge in [-0.25, -0.2) is 4.98 Å². The molecule has 25 heavy (non-hydrogen) atoms. The largest absolute Gasteiger partial charge is 0.340 e. The summed E-state index contributed by atoms with van der Waals surface area (Å²) in [6.07, 6.45) is 0. The van der Waals surface area contributed by atoms with Crippen LogP contribution >= 0.6 is 11.3 Å². The zero-order chi connectivity index (χ0) is 18.1. The Labute approximate surface area is 152 Å². The molecule has 0 radical (unpaired) electrons. The van der Waals surface area contributed by atoms with Gasteiger partial charge in [0.2, 0.25) is 0 Å². The van der Waals surface area contributed by atoms with Crippen LogP contribution in [0.1, 0.15) is 39.0 Å². The van der Waals surface area contributed by atoms with Crippen LogP contribution in [0.2, 0.25) is 0 Å². The Bertz CT molecular complexity index is 895. The first kappa shape index (κ1) is 17.4. The number of hydrogen-bond acceptors (Lipinski definition) is 3. The second-order valence-electron chi connectivity index (χ2n) is 6.30. The van der Waals surface area contributed by atoms with E-state index in [1.807, 2.05) is 62.8 Å². The van der Waals surface area contributed by atoms with Crippen molar-refractivity contribution in [1.82, 2.24) is 14.5 Å². The van der Waals surface area contributed by atoms with Gasteiger partial charge in [-0.3, -0.25) is 4.79 Å². The van der Waals surface area contributed by atoms with E-state index in [0.717, 1.165) is 22.0 Å². The van der Waals surface area contributed by atoms with E-state index in [1.165, 1.54) is 4.88 Å². The van der Waals surface area contributed by atoms with Crippen LogP contribution in [0.15, 0.2) is 42.5 Å². The lowest BCUT2D eigenvalue weighted by atomic mass is 10.1. The fourth-order valence-corrected chi connectivity index (χ4v) is 4.01. The van der Waals surface area contributed by atoms with Gasteiger partial charge in [-0.05, 0) is 38.5 Å². The summed E-state index contributed by atoms with van der Waals surface area (Å²) in [5, 5.41) is 1.03. The van der Waals surface area contributed by atoms with Gasteiger partial charge in [0.15, 0.2) is 0 Å². The van der Waals surface area contributed by atoms with Crippen LogP contribution in [0, 0.1) is 13.8 Å². The second-order valence-corrected chi connectivity index (χ2v) is 7.70. The van der Waals surface area contributed by atoms with Crippen LogP contribution in [-0.4, -0.2) is 27.4 Å². The molecule has 0 unspecified atom stereocenters. The molecule has 1 aromatic carbocycles. The highest BCUT2D eigenvalue weighted by atomic mass is 32.1. The molecular formula is C20H23N3OS. The van der Waals surface area contributed by atoms with Gasteiger partial charge in [0.1, 0.15) is 5.69 Å². The van der Waals surface area contributed by atoms with Crippen LogP contribution in [0.3, 0.4) is 0 Å². The van der Waals surface area contributed by atoms with Crippen molar-refractivity contribution < 1.29 is 4.79 Å². The van der Waals surface area contributed by atoms with Crippen molar-refractivity contribution in [2.45, 2.75) is 26.8 Å². The van der Waals surface area contributed by atoms with Gasteiger partial charge in [-0.2, -0.15) is 0 Å². The van der Waals surface area contributed by atoms with Gasteiger partial charge in [-0.15, -0.1) is 11.3 Å². The number of aromatic nitrogens is 2. The van der Waals surface area contributed by atoms with E-state index in [1.54, 1.807) is 16.2 Å². The van der Waals surface area contributed by atoms with E-state index < -0.39 is 0 Å². The molecule has 0 N–H and O–H groups in total. The molecule has 2 aromatic heterocycles. The summed E-state index contributed by atoms with van der Waals surface area (Å²) in [7, 11) is 3.78. The summed E-state index contributed by atoms with van der Waals surface area (Å²) in [4.78, 5) is 20.6. The lowest BCUT2D eigenvalue weighted by Crippen LogP contribution is -2.31. The molecule has 0 fully saturated rings. The Balaban J connectivity index is 1.88. The Morgan fingerprint density at radius 2 is 1.84 bits per heavy atom. The van der Waals surface area contributed by atoms with Gasteiger partial charge >= 0.3 is 0 Å². The molecule has 0 aliphatic rings. The molecule has 5 heteroatoms. The Hall–Kier alpha value is -2.40. The van der Waals surface area contributed by atoms with Crippen molar-refractivity contribution in [2.75, 3.05) is 7.05 Å². The minimum absolute atomic E-state index is 0.00207. The van der Waals surface area contributed by atoms with E-state index in [4.69, 9.17) is 0 Å². The van der Waals surface area contributed by atoms with Crippen molar-refractivity contribution in [3.05, 3.63) is 63.7 Å². The van der Waals surface area contributed by atoms with Crippen molar-refractivity contribution in [3.8, 4) is 11.3 Å². The van der Waals surface area contributed by atoms with Gasteiger partial charge in [-0.1, -0.05) is 30.3 Å². The number of thiazole rings is 1. The van der Waals surface area contributed by atoms with Crippen LogP contribution in [-0.2, 0) is 7.05 Å². The summed E-state index contributed by atoms with van der Waals surface area (Å²) in [5.41, 5.74) is 3.80. The maximum atomic E-state index is 13.0. The first-order chi connectivity index (χ1) is 11.9.